The van der Waals surface area contributed by atoms with Crippen molar-refractivity contribution >= 4 is 5.69 Å². The molecule has 0 aromatic heterocycles. The molecular weight excluding hydrogens is 334 g/mol. The lowest BCUT2D eigenvalue weighted by molar-refractivity contribution is 0.475. The monoisotopic (exact) mass is 359 g/mol. The van der Waals surface area contributed by atoms with Crippen LogP contribution in [0.4, 0.5) is 5.69 Å². The lowest BCUT2D eigenvalue weighted by Crippen LogP contribution is -2.29. The van der Waals surface area contributed by atoms with Crippen molar-refractivity contribution in [2.24, 2.45) is 0 Å². The maximum Gasteiger partial charge on any atom is 0.152 e. The first-order valence-electron chi connectivity index (χ1n) is 9.44. The third-order valence-corrected chi connectivity index (χ3v) is 4.98. The lowest BCUT2D eigenvalue weighted by Gasteiger charge is -2.30. The first-order valence-corrected chi connectivity index (χ1v) is 9.44. The van der Waals surface area contributed by atoms with E-state index < -0.39 is 0 Å². The fourth-order valence-electron chi connectivity index (χ4n) is 3.37. The molecule has 0 aliphatic carbocycles. The number of piperidine rings is 1. The van der Waals surface area contributed by atoms with Gasteiger partial charge in [-0.2, -0.15) is 10.5 Å². The summed E-state index contributed by atoms with van der Waals surface area (Å²) in [5.74, 6) is 1.37. The van der Waals surface area contributed by atoms with Crippen molar-refractivity contribution in [3.8, 4) is 23.6 Å². The molecule has 1 aliphatic heterocycles. The quantitative estimate of drug-likeness (QED) is 0.725. The van der Waals surface area contributed by atoms with Crippen LogP contribution < -0.4 is 9.64 Å². The molecule has 3 rings (SSSR count). The summed E-state index contributed by atoms with van der Waals surface area (Å²) >= 11 is 0. The van der Waals surface area contributed by atoms with E-state index in [2.05, 4.69) is 49.9 Å². The van der Waals surface area contributed by atoms with E-state index in [0.29, 0.717) is 16.9 Å². The zero-order valence-corrected chi connectivity index (χ0v) is 16.2. The van der Waals surface area contributed by atoms with Crippen LogP contribution in [0, 0.1) is 22.7 Å². The van der Waals surface area contributed by atoms with Crippen molar-refractivity contribution in [3.63, 3.8) is 0 Å². The second kappa shape index (κ2) is 7.72. The van der Waals surface area contributed by atoms with Gasteiger partial charge in [0.2, 0.25) is 0 Å². The van der Waals surface area contributed by atoms with E-state index >= 15 is 0 Å². The lowest BCUT2D eigenvalue weighted by atomic mass is 9.87. The predicted octanol–water partition coefficient (Wildman–Crippen LogP) is 5.51. The van der Waals surface area contributed by atoms with E-state index in [-0.39, 0.29) is 5.41 Å². The maximum absolute atomic E-state index is 9.40. The average molecular weight is 359 g/mol. The normalized spacial score (nSPS) is 14.3. The van der Waals surface area contributed by atoms with E-state index in [1.165, 1.54) is 12.0 Å². The number of rotatable bonds is 3. The Bertz CT molecular complexity index is 889. The fourth-order valence-corrected chi connectivity index (χ4v) is 3.37. The van der Waals surface area contributed by atoms with Gasteiger partial charge in [-0.25, -0.2) is 0 Å². The highest BCUT2D eigenvalue weighted by Crippen LogP contribution is 2.37. The van der Waals surface area contributed by atoms with Crippen LogP contribution >= 0.6 is 0 Å². The molecule has 1 aliphatic rings. The molecule has 27 heavy (non-hydrogen) atoms. The molecule has 0 atom stereocenters. The number of hydrogen-bond donors (Lipinski definition) is 0. The Kier molecular flexibility index (Phi) is 5.38. The highest BCUT2D eigenvalue weighted by Gasteiger charge is 2.20. The van der Waals surface area contributed by atoms with E-state index in [1.807, 2.05) is 12.1 Å². The van der Waals surface area contributed by atoms with Crippen molar-refractivity contribution in [1.29, 1.82) is 10.5 Å². The van der Waals surface area contributed by atoms with Crippen LogP contribution in [0.2, 0.25) is 0 Å². The third kappa shape index (κ3) is 4.23. The highest BCUT2D eigenvalue weighted by atomic mass is 16.5. The Morgan fingerprint density at radius 3 is 2.04 bits per heavy atom. The van der Waals surface area contributed by atoms with Crippen molar-refractivity contribution in [1.82, 2.24) is 0 Å². The van der Waals surface area contributed by atoms with E-state index in [4.69, 9.17) is 4.74 Å². The van der Waals surface area contributed by atoms with Crippen molar-refractivity contribution in [2.45, 2.75) is 45.4 Å². The van der Waals surface area contributed by atoms with Gasteiger partial charge >= 0.3 is 0 Å². The minimum atomic E-state index is 0.0832. The van der Waals surface area contributed by atoms with Crippen LogP contribution in [0.3, 0.4) is 0 Å². The summed E-state index contributed by atoms with van der Waals surface area (Å²) in [6.45, 7) is 8.41. The van der Waals surface area contributed by atoms with Gasteiger partial charge in [0.1, 0.15) is 17.9 Å². The average Bonchev–Trinajstić information content (AvgIpc) is 2.68. The maximum atomic E-state index is 9.40. The minimum Gasteiger partial charge on any atom is -0.455 e. The molecule has 0 bridgehead atoms. The second-order valence-corrected chi connectivity index (χ2v) is 8.01. The zero-order valence-electron chi connectivity index (χ0n) is 16.2. The molecular formula is C23H25N3O. The van der Waals surface area contributed by atoms with E-state index in [1.54, 1.807) is 12.1 Å². The van der Waals surface area contributed by atoms with E-state index in [9.17, 15) is 10.5 Å². The first kappa shape index (κ1) is 18.8. The molecule has 0 amide bonds. The van der Waals surface area contributed by atoms with Gasteiger partial charge in [0.15, 0.2) is 5.75 Å². The molecule has 0 spiro atoms. The molecule has 1 saturated heterocycles. The topological polar surface area (TPSA) is 60.0 Å². The Labute approximate surface area is 161 Å². The summed E-state index contributed by atoms with van der Waals surface area (Å²) in [4.78, 5) is 2.25. The highest BCUT2D eigenvalue weighted by molar-refractivity contribution is 5.67. The van der Waals surface area contributed by atoms with Crippen LogP contribution in [0.5, 0.6) is 11.5 Å². The zero-order chi connectivity index (χ0) is 19.4. The van der Waals surface area contributed by atoms with Crippen molar-refractivity contribution < 1.29 is 4.74 Å². The van der Waals surface area contributed by atoms with Crippen molar-refractivity contribution in [3.05, 3.63) is 53.1 Å². The number of anilines is 1. The standard InChI is InChI=1S/C23H25N3O/c1-23(2,3)19-7-9-20(10-8-19)27-22-14-18(16-25)17(15-24)13-21(22)26-11-5-4-6-12-26/h7-10,13-14H,4-6,11-12H2,1-3H3. The summed E-state index contributed by atoms with van der Waals surface area (Å²) in [6, 6.07) is 15.8. The summed E-state index contributed by atoms with van der Waals surface area (Å²) in [5, 5.41) is 18.8. The van der Waals surface area contributed by atoms with Gasteiger partial charge < -0.3 is 9.64 Å². The molecule has 0 unspecified atom stereocenters. The van der Waals surface area contributed by atoms with Crippen LogP contribution in [0.25, 0.3) is 0 Å². The van der Waals surface area contributed by atoms with Gasteiger partial charge in [-0.15, -0.1) is 0 Å². The third-order valence-electron chi connectivity index (χ3n) is 4.98. The fraction of sp³-hybridized carbons (Fsp3) is 0.391. The van der Waals surface area contributed by atoms with Gasteiger partial charge in [0, 0.05) is 19.2 Å². The molecule has 1 fully saturated rings. The molecule has 4 nitrogen and oxygen atoms in total. The van der Waals surface area contributed by atoms with Gasteiger partial charge in [0.05, 0.1) is 16.8 Å². The predicted molar refractivity (Wildman–Crippen MR) is 107 cm³/mol. The number of hydrogen-bond acceptors (Lipinski definition) is 4. The Hall–Kier alpha value is -2.98. The van der Waals surface area contributed by atoms with Gasteiger partial charge in [-0.3, -0.25) is 0 Å². The largest absolute Gasteiger partial charge is 0.455 e. The number of ether oxygens (including phenoxy) is 1. The molecule has 4 heteroatoms. The van der Waals surface area contributed by atoms with Crippen molar-refractivity contribution in [2.75, 3.05) is 18.0 Å². The van der Waals surface area contributed by atoms with Gasteiger partial charge in [-0.05, 0) is 48.4 Å². The van der Waals surface area contributed by atoms with Crippen LogP contribution in [0.15, 0.2) is 36.4 Å². The number of benzene rings is 2. The number of nitriles is 2. The second-order valence-electron chi connectivity index (χ2n) is 8.01. The molecule has 2 aromatic carbocycles. The molecule has 1 heterocycles. The van der Waals surface area contributed by atoms with Gasteiger partial charge in [-0.1, -0.05) is 32.9 Å². The Balaban J connectivity index is 1.97. The number of nitrogens with zero attached hydrogens (tertiary/aromatic N) is 3. The molecule has 0 N–H and O–H groups in total. The smallest absolute Gasteiger partial charge is 0.152 e. The Morgan fingerprint density at radius 2 is 1.48 bits per heavy atom. The summed E-state index contributed by atoms with van der Waals surface area (Å²) in [6.07, 6.45) is 3.48. The van der Waals surface area contributed by atoms with E-state index in [0.717, 1.165) is 37.4 Å². The minimum absolute atomic E-state index is 0.0832. The SMILES string of the molecule is CC(C)(C)c1ccc(Oc2cc(C#N)c(C#N)cc2N2CCCCC2)cc1. The molecule has 138 valence electrons. The first-order chi connectivity index (χ1) is 12.9. The molecule has 2 aromatic rings. The molecule has 0 radical (unpaired) electrons. The van der Waals surface area contributed by atoms with Crippen LogP contribution in [-0.2, 0) is 5.41 Å². The Morgan fingerprint density at radius 1 is 0.889 bits per heavy atom. The molecule has 0 saturated carbocycles. The summed E-state index contributed by atoms with van der Waals surface area (Å²) in [5.41, 5.74) is 2.96. The van der Waals surface area contributed by atoms with Crippen LogP contribution in [0.1, 0.15) is 56.7 Å². The summed E-state index contributed by atoms with van der Waals surface area (Å²) in [7, 11) is 0. The summed E-state index contributed by atoms with van der Waals surface area (Å²) < 4.78 is 6.17. The van der Waals surface area contributed by atoms with Crippen LogP contribution in [-0.4, -0.2) is 13.1 Å². The van der Waals surface area contributed by atoms with Gasteiger partial charge in [0.25, 0.3) is 0 Å².